The molecule has 0 saturated heterocycles. The zero-order valence-electron chi connectivity index (χ0n) is 17.0. The van der Waals surface area contributed by atoms with Crippen LogP contribution in [0.5, 0.6) is 17.2 Å². The third-order valence-corrected chi connectivity index (χ3v) is 5.33. The summed E-state index contributed by atoms with van der Waals surface area (Å²) < 4.78 is 16.9. The number of halogens is 1. The zero-order valence-corrected chi connectivity index (χ0v) is 17.8. The van der Waals surface area contributed by atoms with E-state index in [0.29, 0.717) is 11.6 Å². The van der Waals surface area contributed by atoms with E-state index >= 15 is 0 Å². The van der Waals surface area contributed by atoms with Crippen molar-refractivity contribution < 1.29 is 14.2 Å². The van der Waals surface area contributed by atoms with E-state index in [1.807, 2.05) is 18.2 Å². The molecule has 1 aliphatic rings. The van der Waals surface area contributed by atoms with Gasteiger partial charge in [-0.25, -0.2) is 0 Å². The quantitative estimate of drug-likeness (QED) is 0.675. The van der Waals surface area contributed by atoms with Crippen molar-refractivity contribution in [2.45, 2.75) is 18.9 Å². The van der Waals surface area contributed by atoms with E-state index in [2.05, 4.69) is 36.4 Å². The Hall–Kier alpha value is -1.95. The second-order valence-corrected chi connectivity index (χ2v) is 7.64. The molecular weight excluding hydrogens is 376 g/mol. The van der Waals surface area contributed by atoms with Gasteiger partial charge in [0.15, 0.2) is 11.5 Å². The predicted octanol–water partition coefficient (Wildman–Crippen LogP) is 3.92. The van der Waals surface area contributed by atoms with Gasteiger partial charge in [0.25, 0.3) is 0 Å². The number of benzene rings is 2. The van der Waals surface area contributed by atoms with Gasteiger partial charge in [0.1, 0.15) is 5.75 Å². The van der Waals surface area contributed by atoms with Crippen molar-refractivity contribution in [3.05, 3.63) is 52.0 Å². The van der Waals surface area contributed by atoms with Gasteiger partial charge in [-0.1, -0.05) is 17.7 Å². The van der Waals surface area contributed by atoms with Gasteiger partial charge < -0.3 is 24.4 Å². The zero-order chi connectivity index (χ0) is 20.1. The fourth-order valence-corrected chi connectivity index (χ4v) is 3.83. The average molecular weight is 405 g/mol. The molecule has 6 heteroatoms. The summed E-state index contributed by atoms with van der Waals surface area (Å²) in [7, 11) is 7.46. The molecule has 0 bridgehead atoms. The molecule has 3 rings (SSSR count). The largest absolute Gasteiger partial charge is 0.497 e. The summed E-state index contributed by atoms with van der Waals surface area (Å²) >= 11 is 6.56. The van der Waals surface area contributed by atoms with Gasteiger partial charge in [-0.3, -0.25) is 0 Å². The first-order valence-corrected chi connectivity index (χ1v) is 9.96. The lowest BCUT2D eigenvalue weighted by Gasteiger charge is -2.29. The van der Waals surface area contributed by atoms with Crippen LogP contribution in [0.2, 0.25) is 5.02 Å². The Bertz CT molecular complexity index is 811. The van der Waals surface area contributed by atoms with E-state index in [1.54, 1.807) is 14.2 Å². The van der Waals surface area contributed by atoms with Crippen LogP contribution >= 0.6 is 11.6 Å². The van der Waals surface area contributed by atoms with Crippen molar-refractivity contribution in [1.82, 2.24) is 10.2 Å². The molecule has 152 valence electrons. The van der Waals surface area contributed by atoms with Crippen LogP contribution in [-0.2, 0) is 6.42 Å². The van der Waals surface area contributed by atoms with Crippen LogP contribution in [0.25, 0.3) is 0 Å². The lowest BCUT2D eigenvalue weighted by molar-refractivity contribution is 0.267. The topological polar surface area (TPSA) is 43.0 Å². The van der Waals surface area contributed by atoms with Crippen molar-refractivity contribution in [2.24, 2.45) is 0 Å². The Morgan fingerprint density at radius 2 is 1.89 bits per heavy atom. The van der Waals surface area contributed by atoms with Crippen molar-refractivity contribution in [3.8, 4) is 17.2 Å². The molecular formula is C22H29ClN2O3. The Morgan fingerprint density at radius 3 is 2.57 bits per heavy atom. The summed E-state index contributed by atoms with van der Waals surface area (Å²) in [5.74, 6) is 2.31. The van der Waals surface area contributed by atoms with Crippen LogP contribution in [-0.4, -0.2) is 52.9 Å². The number of ether oxygens (including phenoxy) is 3. The van der Waals surface area contributed by atoms with Crippen molar-refractivity contribution in [2.75, 3.05) is 48.0 Å². The van der Waals surface area contributed by atoms with E-state index < -0.39 is 0 Å². The predicted molar refractivity (Wildman–Crippen MR) is 113 cm³/mol. The van der Waals surface area contributed by atoms with Gasteiger partial charge in [0, 0.05) is 18.1 Å². The highest BCUT2D eigenvalue weighted by Gasteiger charge is 2.25. The lowest BCUT2D eigenvalue weighted by atomic mass is 9.89. The number of nitrogens with one attached hydrogen (secondary N) is 1. The molecule has 2 aromatic carbocycles. The fraction of sp³-hybridized carbons (Fsp3) is 0.455. The third-order valence-electron chi connectivity index (χ3n) is 5.01. The Morgan fingerprint density at radius 1 is 1.07 bits per heavy atom. The number of rotatable bonds is 8. The smallest absolute Gasteiger partial charge is 0.161 e. The molecule has 0 amide bonds. The third kappa shape index (κ3) is 4.72. The van der Waals surface area contributed by atoms with Gasteiger partial charge in [-0.2, -0.15) is 0 Å². The first kappa shape index (κ1) is 20.8. The normalized spacial score (nSPS) is 16.0. The molecule has 28 heavy (non-hydrogen) atoms. The standard InChI is InChI=1S/C22H29ClN2O3/c1-25(2)10-5-11-28-21-14-18-15(12-20(21)27-4)8-9-24-22(18)17-7-6-16(26-3)13-19(17)23/h6-7,12-14,22,24H,5,8-11H2,1-4H3. The minimum Gasteiger partial charge on any atom is -0.497 e. The second kappa shape index (κ2) is 9.50. The van der Waals surface area contributed by atoms with E-state index in [4.69, 9.17) is 25.8 Å². The maximum atomic E-state index is 6.56. The molecule has 1 heterocycles. The van der Waals surface area contributed by atoms with E-state index in [1.165, 1.54) is 11.1 Å². The Kier molecular flexibility index (Phi) is 7.05. The summed E-state index contributed by atoms with van der Waals surface area (Å²) in [5, 5.41) is 4.28. The molecule has 1 aliphatic heterocycles. The van der Waals surface area contributed by atoms with Crippen LogP contribution < -0.4 is 19.5 Å². The highest BCUT2D eigenvalue weighted by molar-refractivity contribution is 6.31. The van der Waals surface area contributed by atoms with Crippen LogP contribution in [0.4, 0.5) is 0 Å². The van der Waals surface area contributed by atoms with Crippen LogP contribution in [0.1, 0.15) is 29.2 Å². The van der Waals surface area contributed by atoms with Gasteiger partial charge in [-0.05, 0) is 67.9 Å². The molecule has 1 N–H and O–H groups in total. The highest BCUT2D eigenvalue weighted by atomic mass is 35.5. The van der Waals surface area contributed by atoms with Crippen LogP contribution in [0.3, 0.4) is 0 Å². The number of fused-ring (bicyclic) bond motifs is 1. The number of hydrogen-bond acceptors (Lipinski definition) is 5. The maximum Gasteiger partial charge on any atom is 0.161 e. The molecule has 1 atom stereocenters. The SMILES string of the molecule is COc1ccc(C2NCCc3cc(OC)c(OCCCN(C)C)cc32)c(Cl)c1. The monoisotopic (exact) mass is 404 g/mol. The lowest BCUT2D eigenvalue weighted by Crippen LogP contribution is -2.31. The van der Waals surface area contributed by atoms with Gasteiger partial charge >= 0.3 is 0 Å². The van der Waals surface area contributed by atoms with Crippen LogP contribution in [0.15, 0.2) is 30.3 Å². The summed E-state index contributed by atoms with van der Waals surface area (Å²) in [5.41, 5.74) is 3.47. The van der Waals surface area contributed by atoms with Crippen LogP contribution in [0, 0.1) is 0 Å². The summed E-state index contributed by atoms with van der Waals surface area (Å²) in [6, 6.07) is 10.0. The number of nitrogens with zero attached hydrogens (tertiary/aromatic N) is 1. The molecule has 5 nitrogen and oxygen atoms in total. The van der Waals surface area contributed by atoms with Crippen molar-refractivity contribution in [1.29, 1.82) is 0 Å². The van der Waals surface area contributed by atoms with Gasteiger partial charge in [0.05, 0.1) is 26.9 Å². The molecule has 0 aromatic heterocycles. The van der Waals surface area contributed by atoms with Gasteiger partial charge in [0.2, 0.25) is 0 Å². The summed E-state index contributed by atoms with van der Waals surface area (Å²) in [6.45, 7) is 2.51. The Balaban J connectivity index is 1.90. The molecule has 2 aromatic rings. The highest BCUT2D eigenvalue weighted by Crippen LogP contribution is 2.39. The van der Waals surface area contributed by atoms with E-state index in [-0.39, 0.29) is 6.04 Å². The molecule has 0 fully saturated rings. The van der Waals surface area contributed by atoms with Crippen molar-refractivity contribution >= 4 is 11.6 Å². The average Bonchev–Trinajstić information content (AvgIpc) is 2.70. The summed E-state index contributed by atoms with van der Waals surface area (Å²) in [6.07, 6.45) is 1.90. The second-order valence-electron chi connectivity index (χ2n) is 7.23. The molecule has 0 aliphatic carbocycles. The fourth-order valence-electron chi connectivity index (χ4n) is 3.55. The molecule has 1 unspecified atom stereocenters. The molecule has 0 spiro atoms. The molecule has 0 saturated carbocycles. The maximum absolute atomic E-state index is 6.56. The first-order chi connectivity index (χ1) is 13.5. The number of hydrogen-bond donors (Lipinski definition) is 1. The minimum absolute atomic E-state index is 0.0113. The first-order valence-electron chi connectivity index (χ1n) is 9.58. The summed E-state index contributed by atoms with van der Waals surface area (Å²) in [4.78, 5) is 2.15. The minimum atomic E-state index is 0.0113. The van der Waals surface area contributed by atoms with E-state index in [0.717, 1.165) is 48.7 Å². The molecule has 0 radical (unpaired) electrons. The van der Waals surface area contributed by atoms with Gasteiger partial charge in [-0.15, -0.1) is 0 Å². The Labute approximate surface area is 172 Å². The number of methoxy groups -OCH3 is 2. The van der Waals surface area contributed by atoms with E-state index in [9.17, 15) is 0 Å². The van der Waals surface area contributed by atoms with Crippen molar-refractivity contribution in [3.63, 3.8) is 0 Å².